The third-order valence-electron chi connectivity index (χ3n) is 4.12. The zero-order valence-corrected chi connectivity index (χ0v) is 14.1. The molecule has 0 bridgehead atoms. The van der Waals surface area contributed by atoms with Gasteiger partial charge in [-0.25, -0.2) is 8.78 Å². The molecule has 4 nitrogen and oxygen atoms in total. The monoisotopic (exact) mass is 358 g/mol. The maximum Gasteiger partial charge on any atom is 0.154 e. The molecule has 0 saturated heterocycles. The maximum atomic E-state index is 14.4. The van der Waals surface area contributed by atoms with E-state index in [0.29, 0.717) is 23.0 Å². The Hall–Kier alpha value is -2.60. The second kappa shape index (κ2) is 6.04. The van der Waals surface area contributed by atoms with Crippen LogP contribution in [0.3, 0.4) is 0 Å². The minimum Gasteiger partial charge on any atom is -0.320 e. The minimum absolute atomic E-state index is 0.163. The molecule has 0 amide bonds. The Morgan fingerprint density at radius 2 is 1.84 bits per heavy atom. The highest BCUT2D eigenvalue weighted by atomic mass is 35.5. The van der Waals surface area contributed by atoms with Gasteiger partial charge < -0.3 is 4.90 Å². The molecule has 0 N–H and O–H groups in total. The topological polar surface area (TPSA) is 40.3 Å². The number of hydrogen-bond donors (Lipinski definition) is 0. The quantitative estimate of drug-likeness (QED) is 0.757. The third kappa shape index (κ3) is 2.72. The van der Waals surface area contributed by atoms with Gasteiger partial charge in [0.05, 0.1) is 35.8 Å². The van der Waals surface area contributed by atoms with E-state index in [1.807, 2.05) is 17.9 Å². The zero-order chi connectivity index (χ0) is 17.6. The van der Waals surface area contributed by atoms with Crippen LogP contribution in [0.25, 0.3) is 0 Å². The molecule has 0 radical (unpaired) electrons. The van der Waals surface area contributed by atoms with Crippen molar-refractivity contribution in [2.75, 3.05) is 18.0 Å². The fourth-order valence-corrected chi connectivity index (χ4v) is 3.17. The van der Waals surface area contributed by atoms with Gasteiger partial charge in [-0.3, -0.25) is 4.99 Å². The first-order valence-corrected chi connectivity index (χ1v) is 8.08. The van der Waals surface area contributed by atoms with E-state index in [1.165, 1.54) is 18.2 Å². The van der Waals surface area contributed by atoms with Crippen LogP contribution in [-0.2, 0) is 0 Å². The van der Waals surface area contributed by atoms with Gasteiger partial charge in [0.1, 0.15) is 11.6 Å². The fourth-order valence-electron chi connectivity index (χ4n) is 3.00. The Kier molecular flexibility index (Phi) is 3.84. The molecule has 0 aliphatic carbocycles. The third-order valence-corrected chi connectivity index (χ3v) is 4.35. The number of halogens is 3. The van der Waals surface area contributed by atoms with Crippen molar-refractivity contribution >= 4 is 34.5 Å². The van der Waals surface area contributed by atoms with Crippen LogP contribution in [0.2, 0.25) is 5.02 Å². The molecule has 0 aromatic heterocycles. The SMILES string of the molecule is CC1=NN=C2CN=C(c3c(F)cccc3F)c3cc(Cl)ccc3N2C1. The summed E-state index contributed by atoms with van der Waals surface area (Å²) in [4.78, 5) is 6.39. The summed E-state index contributed by atoms with van der Waals surface area (Å²) in [5.41, 5.74) is 2.21. The first kappa shape index (κ1) is 15.9. The fraction of sp³-hybridized carbons (Fsp3) is 0.167. The lowest BCUT2D eigenvalue weighted by atomic mass is 9.99. The van der Waals surface area contributed by atoms with E-state index < -0.39 is 11.6 Å². The molecule has 2 heterocycles. The zero-order valence-electron chi connectivity index (χ0n) is 13.3. The van der Waals surface area contributed by atoms with Crippen molar-refractivity contribution in [2.45, 2.75) is 6.92 Å². The summed E-state index contributed by atoms with van der Waals surface area (Å²) < 4.78 is 28.7. The molecular weight excluding hydrogens is 346 g/mol. The normalized spacial score (nSPS) is 16.3. The Labute approximate surface area is 148 Å². The predicted molar refractivity (Wildman–Crippen MR) is 96.2 cm³/mol. The van der Waals surface area contributed by atoms with Crippen molar-refractivity contribution in [1.29, 1.82) is 0 Å². The molecule has 4 rings (SSSR count). The van der Waals surface area contributed by atoms with Crippen molar-refractivity contribution in [2.24, 2.45) is 15.2 Å². The van der Waals surface area contributed by atoms with Crippen LogP contribution in [0.15, 0.2) is 51.6 Å². The lowest BCUT2D eigenvalue weighted by Crippen LogP contribution is -2.38. The molecule has 0 saturated carbocycles. The number of anilines is 1. The number of benzene rings is 2. The number of amidine groups is 1. The van der Waals surface area contributed by atoms with E-state index in [9.17, 15) is 8.78 Å². The summed E-state index contributed by atoms with van der Waals surface area (Å²) in [5, 5.41) is 8.75. The van der Waals surface area contributed by atoms with Gasteiger partial charge in [0.2, 0.25) is 0 Å². The van der Waals surface area contributed by atoms with E-state index in [-0.39, 0.29) is 17.8 Å². The molecule has 0 atom stereocenters. The standard InChI is InChI=1S/C18H13ClF2N4/c1-10-9-25-15-6-5-11(19)7-12(15)18(22-8-16(25)24-23-10)17-13(20)3-2-4-14(17)21/h2-7H,8-9H2,1H3. The lowest BCUT2D eigenvalue weighted by Gasteiger charge is -2.27. The summed E-state index contributed by atoms with van der Waals surface area (Å²) in [6.07, 6.45) is 0. The largest absolute Gasteiger partial charge is 0.320 e. The summed E-state index contributed by atoms with van der Waals surface area (Å²) in [6.45, 7) is 2.58. The van der Waals surface area contributed by atoms with E-state index in [0.717, 1.165) is 11.4 Å². The summed E-state index contributed by atoms with van der Waals surface area (Å²) in [6, 6.07) is 8.98. The average molecular weight is 359 g/mol. The van der Waals surface area contributed by atoms with Crippen LogP contribution >= 0.6 is 11.6 Å². The summed E-state index contributed by atoms with van der Waals surface area (Å²) in [7, 11) is 0. The van der Waals surface area contributed by atoms with Crippen LogP contribution in [0, 0.1) is 11.6 Å². The van der Waals surface area contributed by atoms with E-state index in [4.69, 9.17) is 11.6 Å². The number of aliphatic imine (C=N–C) groups is 1. The van der Waals surface area contributed by atoms with Gasteiger partial charge >= 0.3 is 0 Å². The highest BCUT2D eigenvalue weighted by Gasteiger charge is 2.28. The molecule has 0 spiro atoms. The molecule has 2 aliphatic rings. The minimum atomic E-state index is -0.668. The van der Waals surface area contributed by atoms with Crippen molar-refractivity contribution in [1.82, 2.24) is 0 Å². The van der Waals surface area contributed by atoms with Crippen LogP contribution in [0.5, 0.6) is 0 Å². The highest BCUT2D eigenvalue weighted by molar-refractivity contribution is 6.32. The maximum absolute atomic E-state index is 14.4. The first-order chi connectivity index (χ1) is 12.0. The molecule has 25 heavy (non-hydrogen) atoms. The number of nitrogens with zero attached hydrogens (tertiary/aromatic N) is 4. The molecule has 0 fully saturated rings. The second-order valence-corrected chi connectivity index (χ2v) is 6.30. The summed E-state index contributed by atoms with van der Waals surface area (Å²) >= 11 is 6.15. The van der Waals surface area contributed by atoms with Crippen LogP contribution in [0.4, 0.5) is 14.5 Å². The molecule has 126 valence electrons. The van der Waals surface area contributed by atoms with Crippen LogP contribution in [0.1, 0.15) is 18.1 Å². The molecular formula is C18H13ClF2N4. The van der Waals surface area contributed by atoms with E-state index in [2.05, 4.69) is 15.2 Å². The van der Waals surface area contributed by atoms with Gasteiger partial charge in [0.15, 0.2) is 5.84 Å². The Bertz CT molecular complexity index is 945. The lowest BCUT2D eigenvalue weighted by molar-refractivity contribution is 0.579. The Morgan fingerprint density at radius 1 is 1.08 bits per heavy atom. The van der Waals surface area contributed by atoms with E-state index >= 15 is 0 Å². The second-order valence-electron chi connectivity index (χ2n) is 5.86. The van der Waals surface area contributed by atoms with Gasteiger partial charge in [-0.2, -0.15) is 5.10 Å². The smallest absolute Gasteiger partial charge is 0.154 e. The van der Waals surface area contributed by atoms with Gasteiger partial charge in [-0.1, -0.05) is 17.7 Å². The average Bonchev–Trinajstić information content (AvgIpc) is 2.72. The van der Waals surface area contributed by atoms with Gasteiger partial charge in [-0.15, -0.1) is 5.10 Å². The van der Waals surface area contributed by atoms with Crippen LogP contribution < -0.4 is 4.90 Å². The molecule has 0 unspecified atom stereocenters. The highest BCUT2D eigenvalue weighted by Crippen LogP contribution is 2.32. The number of rotatable bonds is 1. The van der Waals surface area contributed by atoms with E-state index in [1.54, 1.807) is 12.1 Å². The van der Waals surface area contributed by atoms with Crippen molar-refractivity contribution < 1.29 is 8.78 Å². The summed E-state index contributed by atoms with van der Waals surface area (Å²) in [5.74, 6) is -0.709. The first-order valence-electron chi connectivity index (χ1n) is 7.71. The van der Waals surface area contributed by atoms with Gasteiger partial charge in [0.25, 0.3) is 0 Å². The van der Waals surface area contributed by atoms with Crippen molar-refractivity contribution in [3.05, 3.63) is 64.2 Å². The number of fused-ring (bicyclic) bond motifs is 3. The molecule has 2 aromatic carbocycles. The molecule has 2 aliphatic heterocycles. The number of hydrogen-bond acceptors (Lipinski definition) is 4. The van der Waals surface area contributed by atoms with Crippen molar-refractivity contribution in [3.8, 4) is 0 Å². The van der Waals surface area contributed by atoms with Gasteiger partial charge in [-0.05, 0) is 37.3 Å². The van der Waals surface area contributed by atoms with Gasteiger partial charge in [0, 0.05) is 10.6 Å². The molecule has 2 aromatic rings. The van der Waals surface area contributed by atoms with Crippen LogP contribution in [-0.4, -0.2) is 30.3 Å². The Morgan fingerprint density at radius 3 is 2.60 bits per heavy atom. The van der Waals surface area contributed by atoms with Crippen molar-refractivity contribution in [3.63, 3.8) is 0 Å². The predicted octanol–water partition coefficient (Wildman–Crippen LogP) is 4.06. The Balaban J connectivity index is 1.97. The molecule has 7 heteroatoms.